The van der Waals surface area contributed by atoms with E-state index in [0.29, 0.717) is 30.9 Å². The predicted octanol–water partition coefficient (Wildman–Crippen LogP) is 2.97. The Labute approximate surface area is 152 Å². The van der Waals surface area contributed by atoms with Crippen molar-refractivity contribution < 1.29 is 9.18 Å². The quantitative estimate of drug-likeness (QED) is 0.881. The van der Waals surface area contributed by atoms with E-state index in [0.717, 1.165) is 23.5 Å². The smallest absolute Gasteiger partial charge is 0.183 e. The van der Waals surface area contributed by atoms with Crippen molar-refractivity contribution in [1.82, 2.24) is 9.78 Å². The number of rotatable bonds is 5. The van der Waals surface area contributed by atoms with Gasteiger partial charge >= 0.3 is 0 Å². The maximum absolute atomic E-state index is 14.4. The standard InChI is InChI=1S/C19H24FN5O/c1-11-14-16(25(4)24-11)15(23-10-22-14)13(26)5-6-19-7-8-21-17(12(19)9-19)18(2,3)20/h7-8,12,22H,5-6,9-10H2,1-4H3. The minimum atomic E-state index is -1.42. The van der Waals surface area contributed by atoms with Gasteiger partial charge in [0.1, 0.15) is 23.7 Å². The Balaban J connectivity index is 1.48. The van der Waals surface area contributed by atoms with Gasteiger partial charge in [-0.2, -0.15) is 5.10 Å². The molecular formula is C19H24FN5O. The fraction of sp³-hybridized carbons (Fsp3) is 0.579. The summed E-state index contributed by atoms with van der Waals surface area (Å²) in [5.74, 6) is 0.137. The van der Waals surface area contributed by atoms with Crippen molar-refractivity contribution in [1.29, 1.82) is 0 Å². The third-order valence-electron chi connectivity index (χ3n) is 5.70. The van der Waals surface area contributed by atoms with Gasteiger partial charge in [-0.3, -0.25) is 19.5 Å². The Hall–Kier alpha value is -2.31. The molecule has 0 saturated heterocycles. The summed E-state index contributed by atoms with van der Waals surface area (Å²) in [6.07, 6.45) is 5.70. The number of ketones is 1. The summed E-state index contributed by atoms with van der Waals surface area (Å²) in [6.45, 7) is 5.41. The molecule has 2 atom stereocenters. The van der Waals surface area contributed by atoms with Crippen LogP contribution in [0.5, 0.6) is 0 Å². The fourth-order valence-corrected chi connectivity index (χ4v) is 4.26. The van der Waals surface area contributed by atoms with Crippen molar-refractivity contribution in [3.05, 3.63) is 23.7 Å². The molecule has 0 amide bonds. The number of allylic oxidation sites excluding steroid dienone is 1. The number of hydrogen-bond acceptors (Lipinski definition) is 5. The molecule has 2 unspecified atom stereocenters. The van der Waals surface area contributed by atoms with Crippen LogP contribution in [0, 0.1) is 18.3 Å². The van der Waals surface area contributed by atoms with Gasteiger partial charge in [-0.05, 0) is 39.0 Å². The zero-order valence-corrected chi connectivity index (χ0v) is 15.6. The predicted molar refractivity (Wildman–Crippen MR) is 99.5 cm³/mol. The maximum atomic E-state index is 14.4. The molecule has 0 aromatic carbocycles. The first-order valence-electron chi connectivity index (χ1n) is 9.03. The molecule has 1 aromatic rings. The van der Waals surface area contributed by atoms with Crippen molar-refractivity contribution in [2.45, 2.75) is 45.7 Å². The van der Waals surface area contributed by atoms with Crippen molar-refractivity contribution in [2.24, 2.45) is 28.4 Å². The van der Waals surface area contributed by atoms with Crippen LogP contribution in [0.3, 0.4) is 0 Å². The molecule has 7 heteroatoms. The van der Waals surface area contributed by atoms with E-state index in [2.05, 4.69) is 20.4 Å². The van der Waals surface area contributed by atoms with E-state index in [4.69, 9.17) is 0 Å². The van der Waals surface area contributed by atoms with Crippen LogP contribution < -0.4 is 5.32 Å². The van der Waals surface area contributed by atoms with Gasteiger partial charge in [-0.15, -0.1) is 0 Å². The number of nitrogens with one attached hydrogen (secondary N) is 1. The molecule has 1 saturated carbocycles. The molecule has 138 valence electrons. The zero-order chi connectivity index (χ0) is 18.7. The first-order valence-corrected chi connectivity index (χ1v) is 9.03. The Morgan fingerprint density at radius 2 is 2.27 bits per heavy atom. The van der Waals surface area contributed by atoms with Gasteiger partial charge in [-0.1, -0.05) is 6.08 Å². The summed E-state index contributed by atoms with van der Waals surface area (Å²) >= 11 is 0. The van der Waals surface area contributed by atoms with Gasteiger partial charge in [0.2, 0.25) is 0 Å². The van der Waals surface area contributed by atoms with Crippen LogP contribution in [-0.4, -0.2) is 39.3 Å². The number of fused-ring (bicyclic) bond motifs is 2. The second kappa shape index (κ2) is 5.59. The van der Waals surface area contributed by atoms with Gasteiger partial charge in [0.05, 0.1) is 17.1 Å². The van der Waals surface area contributed by atoms with E-state index in [9.17, 15) is 9.18 Å². The highest BCUT2D eigenvalue weighted by atomic mass is 19.1. The lowest BCUT2D eigenvalue weighted by molar-refractivity contribution is -0.113. The van der Waals surface area contributed by atoms with Crippen molar-refractivity contribution in [3.8, 4) is 0 Å². The molecule has 26 heavy (non-hydrogen) atoms. The molecule has 4 rings (SSSR count). The average Bonchev–Trinajstić information content (AvgIpc) is 3.25. The lowest BCUT2D eigenvalue weighted by atomic mass is 9.87. The van der Waals surface area contributed by atoms with Gasteiger partial charge in [0.25, 0.3) is 0 Å². The molecule has 1 aliphatic carbocycles. The fourth-order valence-electron chi connectivity index (χ4n) is 4.26. The van der Waals surface area contributed by atoms with Gasteiger partial charge in [0, 0.05) is 25.6 Å². The molecule has 0 radical (unpaired) electrons. The molecule has 1 fully saturated rings. The highest BCUT2D eigenvalue weighted by Crippen LogP contribution is 2.60. The molecular weight excluding hydrogens is 333 g/mol. The summed E-state index contributed by atoms with van der Waals surface area (Å²) < 4.78 is 16.1. The van der Waals surface area contributed by atoms with Crippen molar-refractivity contribution >= 4 is 22.9 Å². The third-order valence-corrected chi connectivity index (χ3v) is 5.70. The summed E-state index contributed by atoms with van der Waals surface area (Å²) in [5.41, 5.74) is 2.08. The number of nitrogens with zero attached hydrogens (tertiary/aromatic N) is 4. The van der Waals surface area contributed by atoms with E-state index < -0.39 is 5.67 Å². The number of anilines is 1. The molecule has 0 bridgehead atoms. The number of hydrogen-bond donors (Lipinski definition) is 1. The minimum absolute atomic E-state index is 0.0211. The van der Waals surface area contributed by atoms with Crippen LogP contribution in [0.2, 0.25) is 0 Å². The van der Waals surface area contributed by atoms with E-state index in [1.807, 2.05) is 20.0 Å². The van der Waals surface area contributed by atoms with E-state index >= 15 is 0 Å². The Kier molecular flexibility index (Phi) is 3.68. The largest absolute Gasteiger partial charge is 0.363 e. The van der Waals surface area contributed by atoms with Crippen LogP contribution in [0.15, 0.2) is 22.3 Å². The number of aryl methyl sites for hydroxylation is 2. The van der Waals surface area contributed by atoms with E-state index in [-0.39, 0.29) is 17.1 Å². The summed E-state index contributed by atoms with van der Waals surface area (Å²) in [5, 5.41) is 7.58. The number of aliphatic imine (C=N–C) groups is 2. The molecule has 3 aliphatic rings. The molecule has 0 spiro atoms. The number of carbonyl (C=O) groups excluding carboxylic acids is 1. The third kappa shape index (κ3) is 2.61. The molecule has 6 nitrogen and oxygen atoms in total. The first kappa shape index (κ1) is 17.1. The van der Waals surface area contributed by atoms with Crippen LogP contribution in [0.1, 0.15) is 44.5 Å². The number of halogens is 1. The van der Waals surface area contributed by atoms with E-state index in [1.54, 1.807) is 24.7 Å². The molecule has 3 heterocycles. The average molecular weight is 357 g/mol. The summed E-state index contributed by atoms with van der Waals surface area (Å²) in [6, 6.07) is 0. The van der Waals surface area contributed by atoms with Gasteiger partial charge in [-0.25, -0.2) is 4.39 Å². The number of Topliss-reactive ketones (excluding diaryl/α,β-unsaturated/α-hetero) is 1. The summed E-state index contributed by atoms with van der Waals surface area (Å²) in [7, 11) is 1.83. The normalized spacial score (nSPS) is 26.4. The maximum Gasteiger partial charge on any atom is 0.183 e. The van der Waals surface area contributed by atoms with E-state index in [1.165, 1.54) is 0 Å². The lowest BCUT2D eigenvalue weighted by Gasteiger charge is -2.23. The number of aromatic nitrogens is 2. The zero-order valence-electron chi connectivity index (χ0n) is 15.6. The highest BCUT2D eigenvalue weighted by Gasteiger charge is 2.58. The minimum Gasteiger partial charge on any atom is -0.363 e. The SMILES string of the molecule is Cc1nn(C)c2c1NCN=C2C(=O)CCC12C=CN=C(C(C)(C)F)C1C2. The van der Waals surface area contributed by atoms with Crippen molar-refractivity contribution in [3.63, 3.8) is 0 Å². The Bertz CT molecular complexity index is 873. The molecule has 1 aromatic heterocycles. The van der Waals surface area contributed by atoms with Crippen LogP contribution in [-0.2, 0) is 11.8 Å². The lowest BCUT2D eigenvalue weighted by Crippen LogP contribution is -2.31. The number of carbonyl (C=O) groups is 1. The second-order valence-corrected chi connectivity index (χ2v) is 7.99. The monoisotopic (exact) mass is 357 g/mol. The molecule has 2 aliphatic heterocycles. The highest BCUT2D eigenvalue weighted by molar-refractivity contribution is 6.47. The Morgan fingerprint density at radius 3 is 3.00 bits per heavy atom. The number of alkyl halides is 1. The molecule has 1 N–H and O–H groups in total. The van der Waals surface area contributed by atoms with Crippen LogP contribution in [0.4, 0.5) is 10.1 Å². The van der Waals surface area contributed by atoms with Crippen LogP contribution >= 0.6 is 0 Å². The Morgan fingerprint density at radius 1 is 1.50 bits per heavy atom. The first-order chi connectivity index (χ1) is 12.2. The van der Waals surface area contributed by atoms with Gasteiger partial charge in [0.15, 0.2) is 5.78 Å². The summed E-state index contributed by atoms with van der Waals surface area (Å²) in [4.78, 5) is 21.5. The van der Waals surface area contributed by atoms with Crippen LogP contribution in [0.25, 0.3) is 0 Å². The van der Waals surface area contributed by atoms with Gasteiger partial charge < -0.3 is 5.32 Å². The topological polar surface area (TPSA) is 71.6 Å². The van der Waals surface area contributed by atoms with Crippen molar-refractivity contribution in [2.75, 3.05) is 12.0 Å². The second-order valence-electron chi connectivity index (χ2n) is 7.99.